The van der Waals surface area contributed by atoms with Crippen molar-refractivity contribution in [1.29, 1.82) is 0 Å². The van der Waals surface area contributed by atoms with Crippen molar-refractivity contribution >= 4 is 12.0 Å². The van der Waals surface area contributed by atoms with Gasteiger partial charge in [0.25, 0.3) is 11.5 Å². The molecule has 2 rings (SSSR count). The highest BCUT2D eigenvalue weighted by Gasteiger charge is 2.30. The third-order valence-electron chi connectivity index (χ3n) is 3.18. The molecule has 0 atom stereocenters. The molecule has 0 aliphatic rings. The number of benzene rings is 1. The molecule has 8 heteroatoms. The van der Waals surface area contributed by atoms with E-state index in [0.717, 1.165) is 18.2 Å². The van der Waals surface area contributed by atoms with Crippen LogP contribution in [0.2, 0.25) is 0 Å². The first-order valence-electron chi connectivity index (χ1n) is 6.79. The first-order chi connectivity index (χ1) is 11.3. The summed E-state index contributed by atoms with van der Waals surface area (Å²) in [5, 5.41) is 8.40. The summed E-state index contributed by atoms with van der Waals surface area (Å²) in [7, 11) is 0. The van der Waals surface area contributed by atoms with Gasteiger partial charge in [-0.2, -0.15) is 13.2 Å². The zero-order chi connectivity index (χ0) is 17.7. The number of carbonyl (C=O) groups is 1. The van der Waals surface area contributed by atoms with Crippen LogP contribution in [0.25, 0.3) is 6.08 Å². The number of amides is 1. The average Bonchev–Trinajstić information content (AvgIpc) is 2.55. The normalized spacial score (nSPS) is 11.7. The highest BCUT2D eigenvalue weighted by Crippen LogP contribution is 2.29. The molecule has 0 radical (unpaired) electrons. The van der Waals surface area contributed by atoms with Crippen molar-refractivity contribution in [2.24, 2.45) is 0 Å². The van der Waals surface area contributed by atoms with Gasteiger partial charge in [-0.15, -0.1) is 0 Å². The van der Waals surface area contributed by atoms with Crippen LogP contribution in [0.3, 0.4) is 0 Å². The van der Waals surface area contributed by atoms with Gasteiger partial charge < -0.3 is 4.57 Å². The molecule has 0 saturated carbocycles. The summed E-state index contributed by atoms with van der Waals surface area (Å²) in [6.45, 7) is -0.0450. The lowest BCUT2D eigenvalue weighted by Gasteiger charge is -2.10. The summed E-state index contributed by atoms with van der Waals surface area (Å²) < 4.78 is 39.4. The van der Waals surface area contributed by atoms with E-state index < -0.39 is 23.2 Å². The maximum absolute atomic E-state index is 12.7. The highest BCUT2D eigenvalue weighted by molar-refractivity contribution is 5.90. The number of hydroxylamine groups is 1. The largest absolute Gasteiger partial charge is 0.416 e. The first-order valence-corrected chi connectivity index (χ1v) is 6.79. The Hall–Kier alpha value is -2.87. The Balaban J connectivity index is 2.30. The summed E-state index contributed by atoms with van der Waals surface area (Å²) in [4.78, 5) is 23.2. The van der Waals surface area contributed by atoms with Crippen LogP contribution < -0.4 is 11.0 Å². The van der Waals surface area contributed by atoms with Crippen LogP contribution in [-0.4, -0.2) is 15.7 Å². The van der Waals surface area contributed by atoms with Crippen molar-refractivity contribution < 1.29 is 23.2 Å². The van der Waals surface area contributed by atoms with E-state index in [0.29, 0.717) is 5.56 Å². The maximum atomic E-state index is 12.7. The van der Waals surface area contributed by atoms with Crippen molar-refractivity contribution in [2.45, 2.75) is 12.7 Å². The molecular formula is C16H13F3N2O3. The fourth-order valence-electron chi connectivity index (χ4n) is 2.05. The minimum Gasteiger partial charge on any atom is -0.311 e. The van der Waals surface area contributed by atoms with Crippen molar-refractivity contribution in [3.63, 3.8) is 0 Å². The van der Waals surface area contributed by atoms with Gasteiger partial charge in [0.05, 0.1) is 12.1 Å². The number of hydrogen-bond acceptors (Lipinski definition) is 3. The summed E-state index contributed by atoms with van der Waals surface area (Å²) in [5.41, 5.74) is 0.606. The van der Waals surface area contributed by atoms with Gasteiger partial charge in [-0.25, -0.2) is 5.48 Å². The van der Waals surface area contributed by atoms with Gasteiger partial charge in [-0.05, 0) is 35.9 Å². The van der Waals surface area contributed by atoms with E-state index >= 15 is 0 Å². The van der Waals surface area contributed by atoms with E-state index in [2.05, 4.69) is 0 Å². The molecule has 2 aromatic rings. The molecule has 1 aromatic carbocycles. The molecule has 0 aliphatic heterocycles. The lowest BCUT2D eigenvalue weighted by Crippen LogP contribution is -2.22. The fourth-order valence-corrected chi connectivity index (χ4v) is 2.05. The van der Waals surface area contributed by atoms with Crippen LogP contribution in [0.5, 0.6) is 0 Å². The average molecular weight is 338 g/mol. The molecule has 0 spiro atoms. The molecule has 1 aromatic heterocycles. The van der Waals surface area contributed by atoms with Crippen molar-refractivity contribution in [2.75, 3.05) is 0 Å². The van der Waals surface area contributed by atoms with Gasteiger partial charge in [-0.1, -0.05) is 12.1 Å². The SMILES string of the molecule is O=C(/C=C/c1cccn(Cc2cccc(C(F)(F)F)c2)c1=O)NO. The Bertz CT molecular complexity index is 826. The number of aromatic nitrogens is 1. The molecule has 24 heavy (non-hydrogen) atoms. The van der Waals surface area contributed by atoms with Crippen LogP contribution in [0.15, 0.2) is 53.5 Å². The maximum Gasteiger partial charge on any atom is 0.416 e. The van der Waals surface area contributed by atoms with Crippen molar-refractivity contribution in [3.8, 4) is 0 Å². The number of hydrogen-bond donors (Lipinski definition) is 2. The van der Waals surface area contributed by atoms with Gasteiger partial charge in [-0.3, -0.25) is 14.8 Å². The van der Waals surface area contributed by atoms with Gasteiger partial charge >= 0.3 is 6.18 Å². The Morgan fingerprint density at radius 3 is 2.67 bits per heavy atom. The molecule has 1 amide bonds. The summed E-state index contributed by atoms with van der Waals surface area (Å²) in [6, 6.07) is 7.69. The number of halogens is 3. The monoisotopic (exact) mass is 338 g/mol. The van der Waals surface area contributed by atoms with E-state index in [-0.39, 0.29) is 12.1 Å². The zero-order valence-corrected chi connectivity index (χ0v) is 12.2. The predicted molar refractivity (Wildman–Crippen MR) is 80.2 cm³/mol. The lowest BCUT2D eigenvalue weighted by atomic mass is 10.1. The van der Waals surface area contributed by atoms with Gasteiger partial charge in [0.15, 0.2) is 0 Å². The van der Waals surface area contributed by atoms with Crippen molar-refractivity contribution in [3.05, 3.63) is 75.7 Å². The summed E-state index contributed by atoms with van der Waals surface area (Å²) in [5.74, 6) is -0.803. The summed E-state index contributed by atoms with van der Waals surface area (Å²) in [6.07, 6.45) is -0.850. The Labute approximate surface area is 134 Å². The molecule has 0 fully saturated rings. The van der Waals surface area contributed by atoms with E-state index in [9.17, 15) is 22.8 Å². The number of nitrogens with zero attached hydrogens (tertiary/aromatic N) is 1. The number of alkyl halides is 3. The second-order valence-corrected chi connectivity index (χ2v) is 4.90. The van der Waals surface area contributed by atoms with Crippen molar-refractivity contribution in [1.82, 2.24) is 10.0 Å². The van der Waals surface area contributed by atoms with E-state index in [1.807, 2.05) is 0 Å². The molecule has 2 N–H and O–H groups in total. The zero-order valence-electron chi connectivity index (χ0n) is 12.2. The molecule has 0 unspecified atom stereocenters. The smallest absolute Gasteiger partial charge is 0.311 e. The highest BCUT2D eigenvalue weighted by atomic mass is 19.4. The Kier molecular flexibility index (Phi) is 5.20. The number of nitrogens with one attached hydrogen (secondary N) is 1. The Morgan fingerprint density at radius 1 is 1.25 bits per heavy atom. The molecule has 5 nitrogen and oxygen atoms in total. The van der Waals surface area contributed by atoms with Crippen LogP contribution >= 0.6 is 0 Å². The molecule has 0 saturated heterocycles. The Morgan fingerprint density at radius 2 is 2.00 bits per heavy atom. The van der Waals surface area contributed by atoms with E-state index in [4.69, 9.17) is 5.21 Å². The molecule has 1 heterocycles. The molecule has 0 bridgehead atoms. The lowest BCUT2D eigenvalue weighted by molar-refractivity contribution is -0.137. The number of rotatable bonds is 4. The van der Waals surface area contributed by atoms with Crippen LogP contribution in [-0.2, 0) is 17.5 Å². The molecule has 0 aliphatic carbocycles. The quantitative estimate of drug-likeness (QED) is 0.511. The first kappa shape index (κ1) is 17.5. The summed E-state index contributed by atoms with van der Waals surface area (Å²) >= 11 is 0. The third kappa shape index (κ3) is 4.32. The third-order valence-corrected chi connectivity index (χ3v) is 3.18. The van der Waals surface area contributed by atoms with Crippen LogP contribution in [0.4, 0.5) is 13.2 Å². The number of pyridine rings is 1. The fraction of sp³-hybridized carbons (Fsp3) is 0.125. The number of carbonyl (C=O) groups excluding carboxylic acids is 1. The predicted octanol–water partition coefficient (Wildman–Crippen LogP) is 2.43. The molecule has 126 valence electrons. The second-order valence-electron chi connectivity index (χ2n) is 4.90. The minimum absolute atomic E-state index is 0.0450. The van der Waals surface area contributed by atoms with Gasteiger partial charge in [0.2, 0.25) is 0 Å². The van der Waals surface area contributed by atoms with Crippen LogP contribution in [0, 0.1) is 0 Å². The topological polar surface area (TPSA) is 71.3 Å². The van der Waals surface area contributed by atoms with Gasteiger partial charge in [0.1, 0.15) is 0 Å². The second kappa shape index (κ2) is 7.14. The van der Waals surface area contributed by atoms with E-state index in [1.165, 1.54) is 46.6 Å². The minimum atomic E-state index is -4.46. The van der Waals surface area contributed by atoms with Gasteiger partial charge in [0, 0.05) is 17.8 Å². The van der Waals surface area contributed by atoms with Crippen LogP contribution in [0.1, 0.15) is 16.7 Å². The molecular weight excluding hydrogens is 325 g/mol. The standard InChI is InChI=1S/C16H13F3N2O3/c17-16(18,19)13-5-1-3-11(9-13)10-21-8-2-4-12(15(21)23)6-7-14(22)20-24/h1-9,24H,10H2,(H,20,22)/b7-6+. The van der Waals surface area contributed by atoms with E-state index in [1.54, 1.807) is 0 Å².